The fraction of sp³-hybridized carbons (Fsp3) is 0.0882. The highest BCUT2D eigenvalue weighted by Gasteiger charge is 2.32. The van der Waals surface area contributed by atoms with E-state index in [1.807, 2.05) is 66.7 Å². The molecule has 1 aromatic heterocycles. The maximum atomic E-state index is 13.9. The number of benzene rings is 4. The number of hydrogen-bond acceptors (Lipinski definition) is 5. The summed E-state index contributed by atoms with van der Waals surface area (Å²) >= 11 is 7.46. The molecule has 1 unspecified atom stereocenters. The molecule has 0 bridgehead atoms. The van der Waals surface area contributed by atoms with Crippen LogP contribution in [0.4, 0.5) is 10.1 Å². The van der Waals surface area contributed by atoms with Crippen LogP contribution < -0.4 is 24.9 Å². The van der Waals surface area contributed by atoms with E-state index in [4.69, 9.17) is 16.3 Å². The van der Waals surface area contributed by atoms with Gasteiger partial charge in [-0.05, 0) is 66.6 Å². The number of anilines is 1. The molecule has 0 fully saturated rings. The van der Waals surface area contributed by atoms with Crippen LogP contribution in [0, 0.1) is 5.82 Å². The number of carbonyl (C=O) groups excluding carboxylic acids is 1. The number of para-hydroxylation sites is 1. The second-order valence-electron chi connectivity index (χ2n) is 9.90. The number of halogens is 2. The molecule has 43 heavy (non-hydrogen) atoms. The molecule has 5 aromatic rings. The van der Waals surface area contributed by atoms with Gasteiger partial charge in [-0.1, -0.05) is 83.6 Å². The number of carbonyl (C=O) groups is 1. The van der Waals surface area contributed by atoms with Gasteiger partial charge in [-0.15, -0.1) is 0 Å². The second kappa shape index (κ2) is 12.2. The second-order valence-corrected chi connectivity index (χ2v) is 11.3. The van der Waals surface area contributed by atoms with E-state index in [1.54, 1.807) is 37.3 Å². The highest BCUT2D eigenvalue weighted by Crippen LogP contribution is 2.31. The summed E-state index contributed by atoms with van der Waals surface area (Å²) in [5.74, 6) is -0.130. The van der Waals surface area contributed by atoms with Crippen LogP contribution >= 0.6 is 22.9 Å². The van der Waals surface area contributed by atoms with Crippen molar-refractivity contribution >= 4 is 40.6 Å². The van der Waals surface area contributed by atoms with Gasteiger partial charge in [0.05, 0.1) is 21.8 Å². The van der Waals surface area contributed by atoms with Crippen molar-refractivity contribution in [3.63, 3.8) is 0 Å². The predicted molar refractivity (Wildman–Crippen MR) is 167 cm³/mol. The first-order valence-electron chi connectivity index (χ1n) is 13.5. The molecule has 0 spiro atoms. The molecule has 1 atom stereocenters. The Kier molecular flexibility index (Phi) is 8.05. The normalized spacial score (nSPS) is 14.7. The van der Waals surface area contributed by atoms with Crippen LogP contribution in [-0.4, -0.2) is 10.5 Å². The van der Waals surface area contributed by atoms with Gasteiger partial charge in [0, 0.05) is 16.3 Å². The summed E-state index contributed by atoms with van der Waals surface area (Å²) < 4.78 is 21.7. The van der Waals surface area contributed by atoms with Crippen LogP contribution in [0.2, 0.25) is 5.02 Å². The van der Waals surface area contributed by atoms with Gasteiger partial charge in [-0.25, -0.2) is 9.38 Å². The number of rotatable bonds is 7. The Morgan fingerprint density at radius 1 is 1.00 bits per heavy atom. The van der Waals surface area contributed by atoms with E-state index in [9.17, 15) is 14.0 Å². The van der Waals surface area contributed by atoms with Gasteiger partial charge in [0.25, 0.3) is 11.5 Å². The van der Waals surface area contributed by atoms with Crippen LogP contribution in [-0.2, 0) is 11.4 Å². The standard InChI is InChI=1S/C34H25ClFN3O3S/c1-21-30(32(40)38-26-8-3-2-4-9-26)31(23-13-15-25(36)16-14-23)39-33(41)29(43-34(39)37-21)19-22-11-17-27(18-12-22)42-20-24-7-5-6-10-28(24)35/h2-19,31H,20H2,1H3,(H,38,40)/b29-19-. The molecular formula is C34H25ClFN3O3S. The monoisotopic (exact) mass is 609 g/mol. The fourth-order valence-corrected chi connectivity index (χ4v) is 6.12. The van der Waals surface area contributed by atoms with Crippen LogP contribution in [0.5, 0.6) is 5.75 Å². The minimum atomic E-state index is -0.789. The molecule has 1 aliphatic rings. The average molecular weight is 610 g/mol. The summed E-state index contributed by atoms with van der Waals surface area (Å²) in [6.45, 7) is 2.08. The lowest BCUT2D eigenvalue weighted by atomic mass is 9.95. The SMILES string of the molecule is CC1=C(C(=O)Nc2ccccc2)C(c2ccc(F)cc2)n2c(s/c(=C\c3ccc(OCc4ccccc4Cl)cc3)c2=O)=N1. The number of allylic oxidation sites excluding steroid dienone is 1. The van der Waals surface area contributed by atoms with Crippen molar-refractivity contribution in [2.75, 3.05) is 5.32 Å². The molecular weight excluding hydrogens is 585 g/mol. The third-order valence-corrected chi connectivity index (χ3v) is 8.37. The number of hydrogen-bond donors (Lipinski definition) is 1. The molecule has 1 aliphatic heterocycles. The maximum absolute atomic E-state index is 13.9. The number of aromatic nitrogens is 1. The number of nitrogens with one attached hydrogen (secondary N) is 1. The van der Waals surface area contributed by atoms with Crippen molar-refractivity contribution in [1.82, 2.24) is 4.57 Å². The first kappa shape index (κ1) is 28.3. The van der Waals surface area contributed by atoms with Crippen LogP contribution in [0.3, 0.4) is 0 Å². The molecule has 9 heteroatoms. The highest BCUT2D eigenvalue weighted by atomic mass is 35.5. The van der Waals surface area contributed by atoms with Crippen molar-refractivity contribution in [1.29, 1.82) is 0 Å². The van der Waals surface area contributed by atoms with E-state index in [-0.39, 0.29) is 11.5 Å². The Hall–Kier alpha value is -4.79. The third-order valence-electron chi connectivity index (χ3n) is 7.01. The molecule has 2 heterocycles. The topological polar surface area (TPSA) is 72.7 Å². The van der Waals surface area contributed by atoms with E-state index in [0.717, 1.165) is 11.1 Å². The van der Waals surface area contributed by atoms with E-state index >= 15 is 0 Å². The van der Waals surface area contributed by atoms with E-state index < -0.39 is 11.9 Å². The quantitative estimate of drug-likeness (QED) is 0.237. The summed E-state index contributed by atoms with van der Waals surface area (Å²) in [6, 6.07) is 29.0. The molecule has 1 amide bonds. The summed E-state index contributed by atoms with van der Waals surface area (Å²) in [4.78, 5) is 32.6. The lowest BCUT2D eigenvalue weighted by Gasteiger charge is -2.25. The number of nitrogens with zero attached hydrogens (tertiary/aromatic N) is 2. The molecule has 6 nitrogen and oxygen atoms in total. The lowest BCUT2D eigenvalue weighted by molar-refractivity contribution is -0.113. The first-order valence-corrected chi connectivity index (χ1v) is 14.7. The van der Waals surface area contributed by atoms with Gasteiger partial charge in [-0.2, -0.15) is 0 Å². The van der Waals surface area contributed by atoms with Crippen molar-refractivity contribution in [3.05, 3.63) is 162 Å². The largest absolute Gasteiger partial charge is 0.489 e. The molecule has 0 saturated heterocycles. The fourth-order valence-electron chi connectivity index (χ4n) is 4.88. The number of ether oxygens (including phenoxy) is 1. The van der Waals surface area contributed by atoms with Crippen molar-refractivity contribution in [2.24, 2.45) is 4.99 Å². The average Bonchev–Trinajstić information content (AvgIpc) is 3.31. The van der Waals surface area contributed by atoms with Gasteiger partial charge in [0.1, 0.15) is 18.2 Å². The lowest BCUT2D eigenvalue weighted by Crippen LogP contribution is -2.40. The summed E-state index contributed by atoms with van der Waals surface area (Å²) in [5.41, 5.74) is 3.40. The van der Waals surface area contributed by atoms with Crippen LogP contribution in [0.1, 0.15) is 29.7 Å². The molecule has 1 N–H and O–H groups in total. The van der Waals surface area contributed by atoms with Gasteiger partial charge in [-0.3, -0.25) is 14.2 Å². The van der Waals surface area contributed by atoms with Crippen molar-refractivity contribution in [3.8, 4) is 5.75 Å². The molecule has 4 aromatic carbocycles. The minimum Gasteiger partial charge on any atom is -0.489 e. The maximum Gasteiger partial charge on any atom is 0.271 e. The van der Waals surface area contributed by atoms with E-state index in [0.29, 0.717) is 49.2 Å². The number of amides is 1. The Morgan fingerprint density at radius 2 is 1.70 bits per heavy atom. The molecule has 0 saturated carbocycles. The molecule has 6 rings (SSSR count). The minimum absolute atomic E-state index is 0.297. The molecule has 214 valence electrons. The number of thiazole rings is 1. The highest BCUT2D eigenvalue weighted by molar-refractivity contribution is 7.07. The Labute approximate surface area is 255 Å². The zero-order chi connectivity index (χ0) is 29.9. The van der Waals surface area contributed by atoms with Gasteiger partial charge in [0.15, 0.2) is 4.80 Å². The van der Waals surface area contributed by atoms with E-state index in [1.165, 1.54) is 28.0 Å². The summed E-state index contributed by atoms with van der Waals surface area (Å²) in [6.07, 6.45) is 1.78. The Bertz CT molecular complexity index is 2020. The van der Waals surface area contributed by atoms with Gasteiger partial charge < -0.3 is 10.1 Å². The van der Waals surface area contributed by atoms with Crippen LogP contribution in [0.15, 0.2) is 124 Å². The number of fused-ring (bicyclic) bond motifs is 1. The first-order chi connectivity index (χ1) is 20.9. The predicted octanol–water partition coefficient (Wildman–Crippen LogP) is 6.25. The summed E-state index contributed by atoms with van der Waals surface area (Å²) in [5, 5.41) is 3.55. The smallest absolute Gasteiger partial charge is 0.271 e. The van der Waals surface area contributed by atoms with Crippen molar-refractivity contribution < 1.29 is 13.9 Å². The Balaban J connectivity index is 1.34. The zero-order valence-electron chi connectivity index (χ0n) is 23.0. The van der Waals surface area contributed by atoms with E-state index in [2.05, 4.69) is 10.3 Å². The Morgan fingerprint density at radius 3 is 2.42 bits per heavy atom. The van der Waals surface area contributed by atoms with Gasteiger partial charge in [0.2, 0.25) is 0 Å². The molecule has 0 radical (unpaired) electrons. The zero-order valence-corrected chi connectivity index (χ0v) is 24.5. The van der Waals surface area contributed by atoms with Crippen molar-refractivity contribution in [2.45, 2.75) is 19.6 Å². The van der Waals surface area contributed by atoms with Crippen LogP contribution in [0.25, 0.3) is 6.08 Å². The third kappa shape index (κ3) is 6.07. The van der Waals surface area contributed by atoms with Gasteiger partial charge >= 0.3 is 0 Å². The molecule has 0 aliphatic carbocycles. The summed E-state index contributed by atoms with van der Waals surface area (Å²) in [7, 11) is 0.